The monoisotopic (exact) mass is 542 g/mol. The van der Waals surface area contributed by atoms with Gasteiger partial charge in [-0.15, -0.1) is 0 Å². The van der Waals surface area contributed by atoms with Gasteiger partial charge in [0, 0.05) is 14.8 Å². The summed E-state index contributed by atoms with van der Waals surface area (Å²) in [4.78, 5) is 16.7. The highest BCUT2D eigenvalue weighted by Gasteiger charge is 2.30. The van der Waals surface area contributed by atoms with Gasteiger partial charge >= 0.3 is 0 Å². The minimum Gasteiger partial charge on any atom is -0.491 e. The zero-order valence-corrected chi connectivity index (χ0v) is 17.8. The second kappa shape index (κ2) is 8.17. The van der Waals surface area contributed by atoms with Crippen LogP contribution in [0.4, 0.5) is 23.2 Å². The maximum atomic E-state index is 14.2. The van der Waals surface area contributed by atoms with Crippen molar-refractivity contribution in [2.24, 2.45) is 0 Å². The molecule has 4 rings (SSSR count). The number of ether oxygens (including phenoxy) is 1. The predicted molar refractivity (Wildman–Crippen MR) is 113 cm³/mol. The largest absolute Gasteiger partial charge is 0.491 e. The van der Waals surface area contributed by atoms with Gasteiger partial charge in [-0.05, 0) is 59.0 Å². The molecule has 1 N–H and O–H groups in total. The van der Waals surface area contributed by atoms with E-state index in [0.29, 0.717) is 17.0 Å². The summed E-state index contributed by atoms with van der Waals surface area (Å²) in [5.74, 6) is -9.63. The molecule has 0 aliphatic heterocycles. The fourth-order valence-corrected chi connectivity index (χ4v) is 3.48. The molecule has 0 atom stereocenters. The third kappa shape index (κ3) is 3.82. The summed E-state index contributed by atoms with van der Waals surface area (Å²) < 4.78 is 67.1. The van der Waals surface area contributed by atoms with Crippen molar-refractivity contribution in [3.05, 3.63) is 74.9 Å². The Morgan fingerprint density at radius 2 is 1.74 bits per heavy atom. The first-order valence-corrected chi connectivity index (χ1v) is 9.76. The van der Waals surface area contributed by atoms with Crippen molar-refractivity contribution in [2.75, 3.05) is 12.4 Å². The first-order valence-electron chi connectivity index (χ1n) is 8.68. The number of amides is 1. The number of oxazole rings is 1. The molecule has 4 aromatic rings. The SMILES string of the molecule is COc1c(F)c(F)c(C(=O)Nc2ccc3oc(-c4cccc(I)c4)nc3c2)c(F)c1F. The number of nitrogens with zero attached hydrogens (tertiary/aromatic N) is 1. The van der Waals surface area contributed by atoms with Crippen molar-refractivity contribution < 1.29 is 31.5 Å². The Bertz CT molecular complexity index is 1310. The van der Waals surface area contributed by atoms with Crippen molar-refractivity contribution in [1.29, 1.82) is 0 Å². The average Bonchev–Trinajstić information content (AvgIpc) is 3.16. The Balaban J connectivity index is 1.67. The summed E-state index contributed by atoms with van der Waals surface area (Å²) in [6.45, 7) is 0. The van der Waals surface area contributed by atoms with E-state index in [9.17, 15) is 22.4 Å². The number of methoxy groups -OCH3 is 1. The first kappa shape index (κ1) is 21.1. The Morgan fingerprint density at radius 1 is 1.03 bits per heavy atom. The van der Waals surface area contributed by atoms with E-state index in [4.69, 9.17) is 4.42 Å². The van der Waals surface area contributed by atoms with Crippen molar-refractivity contribution >= 4 is 45.3 Å². The Morgan fingerprint density at radius 3 is 2.39 bits per heavy atom. The minimum absolute atomic E-state index is 0.0930. The number of anilines is 1. The first-order chi connectivity index (χ1) is 14.8. The molecule has 5 nitrogen and oxygen atoms in total. The van der Waals surface area contributed by atoms with Crippen LogP contribution in [0.2, 0.25) is 0 Å². The molecule has 0 fully saturated rings. The quantitative estimate of drug-likeness (QED) is 0.198. The maximum Gasteiger partial charge on any atom is 0.261 e. The number of halogens is 5. The van der Waals surface area contributed by atoms with E-state index in [1.54, 1.807) is 0 Å². The third-order valence-corrected chi connectivity index (χ3v) is 5.04. The topological polar surface area (TPSA) is 64.4 Å². The van der Waals surface area contributed by atoms with E-state index in [-0.39, 0.29) is 5.69 Å². The molecule has 0 unspecified atom stereocenters. The standard InChI is InChI=1S/C21H11F4IN2O3/c1-30-19-17(24)15(22)14(16(23)18(19)25)20(29)27-11-5-6-13-12(8-11)28-21(31-13)9-3-2-4-10(26)7-9/h2-8H,1H3,(H,27,29). The van der Waals surface area contributed by atoms with Crippen LogP contribution >= 0.6 is 22.6 Å². The highest BCUT2D eigenvalue weighted by atomic mass is 127. The molecule has 10 heteroatoms. The molecule has 1 aromatic heterocycles. The summed E-state index contributed by atoms with van der Waals surface area (Å²) in [6.07, 6.45) is 0. The summed E-state index contributed by atoms with van der Waals surface area (Å²) >= 11 is 2.15. The lowest BCUT2D eigenvalue weighted by Gasteiger charge is -2.11. The summed E-state index contributed by atoms with van der Waals surface area (Å²) in [6, 6.07) is 11.7. The number of fused-ring (bicyclic) bond motifs is 1. The van der Waals surface area contributed by atoms with E-state index < -0.39 is 40.5 Å². The number of rotatable bonds is 4. The highest BCUT2D eigenvalue weighted by Crippen LogP contribution is 2.31. The lowest BCUT2D eigenvalue weighted by Crippen LogP contribution is -2.18. The second-order valence-electron chi connectivity index (χ2n) is 6.33. The number of carbonyl (C=O) groups is 1. The number of benzene rings is 3. The Hall–Kier alpha value is -3.15. The number of carbonyl (C=O) groups excluding carboxylic acids is 1. The van der Waals surface area contributed by atoms with Gasteiger partial charge in [0.25, 0.3) is 5.91 Å². The van der Waals surface area contributed by atoms with Gasteiger partial charge in [0.1, 0.15) is 11.1 Å². The molecule has 0 saturated carbocycles. The van der Waals surface area contributed by atoms with Gasteiger partial charge in [0.15, 0.2) is 23.0 Å². The van der Waals surface area contributed by atoms with E-state index in [0.717, 1.165) is 16.2 Å². The van der Waals surface area contributed by atoms with Crippen LogP contribution in [0.1, 0.15) is 10.4 Å². The number of hydrogen-bond donors (Lipinski definition) is 1. The maximum absolute atomic E-state index is 14.2. The molecule has 0 radical (unpaired) electrons. The summed E-state index contributed by atoms with van der Waals surface area (Å²) in [5.41, 5.74) is 0.193. The molecule has 1 heterocycles. The van der Waals surface area contributed by atoms with Gasteiger partial charge in [-0.1, -0.05) is 6.07 Å². The van der Waals surface area contributed by atoms with Crippen LogP contribution in [0, 0.1) is 26.8 Å². The zero-order chi connectivity index (χ0) is 22.3. The molecule has 158 valence electrons. The van der Waals surface area contributed by atoms with Crippen LogP contribution in [0.3, 0.4) is 0 Å². The van der Waals surface area contributed by atoms with E-state index in [1.807, 2.05) is 24.3 Å². The van der Waals surface area contributed by atoms with Crippen LogP contribution in [0.25, 0.3) is 22.6 Å². The van der Waals surface area contributed by atoms with Crippen LogP contribution in [0.5, 0.6) is 5.75 Å². The summed E-state index contributed by atoms with van der Waals surface area (Å²) in [7, 11) is 0.845. The van der Waals surface area contributed by atoms with E-state index in [1.165, 1.54) is 18.2 Å². The van der Waals surface area contributed by atoms with Gasteiger partial charge in [0.2, 0.25) is 17.5 Å². The number of nitrogens with one attached hydrogen (secondary N) is 1. The number of hydrogen-bond acceptors (Lipinski definition) is 4. The molecular formula is C21H11F4IN2O3. The molecule has 3 aromatic carbocycles. The third-order valence-electron chi connectivity index (χ3n) is 4.37. The van der Waals surface area contributed by atoms with E-state index in [2.05, 4.69) is 37.6 Å². The lowest BCUT2D eigenvalue weighted by atomic mass is 10.1. The zero-order valence-electron chi connectivity index (χ0n) is 15.6. The minimum atomic E-state index is -1.86. The normalized spacial score (nSPS) is 11.0. The summed E-state index contributed by atoms with van der Waals surface area (Å²) in [5, 5.41) is 2.21. The van der Waals surface area contributed by atoms with Gasteiger partial charge in [-0.25, -0.2) is 13.8 Å². The fourth-order valence-electron chi connectivity index (χ4n) is 2.93. The molecule has 31 heavy (non-hydrogen) atoms. The molecule has 0 saturated heterocycles. The van der Waals surface area contributed by atoms with Crippen molar-refractivity contribution in [3.63, 3.8) is 0 Å². The van der Waals surface area contributed by atoms with Crippen LogP contribution in [0.15, 0.2) is 46.9 Å². The average molecular weight is 542 g/mol. The van der Waals surface area contributed by atoms with Crippen LogP contribution < -0.4 is 10.1 Å². The van der Waals surface area contributed by atoms with Crippen molar-refractivity contribution in [1.82, 2.24) is 4.98 Å². The van der Waals surface area contributed by atoms with Gasteiger partial charge in [0.05, 0.1) is 7.11 Å². The van der Waals surface area contributed by atoms with Crippen LogP contribution in [-0.4, -0.2) is 18.0 Å². The molecule has 0 spiro atoms. The Labute approximate surface area is 186 Å². The second-order valence-corrected chi connectivity index (χ2v) is 7.58. The van der Waals surface area contributed by atoms with Crippen LogP contribution in [-0.2, 0) is 0 Å². The Kier molecular flexibility index (Phi) is 5.56. The molecular weight excluding hydrogens is 531 g/mol. The predicted octanol–water partition coefficient (Wildman–Crippen LogP) is 5.92. The van der Waals surface area contributed by atoms with Gasteiger partial charge in [-0.2, -0.15) is 8.78 Å². The van der Waals surface area contributed by atoms with Crippen molar-refractivity contribution in [2.45, 2.75) is 0 Å². The number of aromatic nitrogens is 1. The van der Waals surface area contributed by atoms with Crippen molar-refractivity contribution in [3.8, 4) is 17.2 Å². The lowest BCUT2D eigenvalue weighted by molar-refractivity contribution is 0.101. The highest BCUT2D eigenvalue weighted by molar-refractivity contribution is 14.1. The molecule has 0 bridgehead atoms. The van der Waals surface area contributed by atoms with Gasteiger partial charge in [-0.3, -0.25) is 4.79 Å². The van der Waals surface area contributed by atoms with Gasteiger partial charge < -0.3 is 14.5 Å². The smallest absolute Gasteiger partial charge is 0.261 e. The molecule has 0 aliphatic carbocycles. The molecule has 0 aliphatic rings. The molecule has 1 amide bonds. The van der Waals surface area contributed by atoms with E-state index >= 15 is 0 Å². The fraction of sp³-hybridized carbons (Fsp3) is 0.0476.